The summed E-state index contributed by atoms with van der Waals surface area (Å²) in [5.74, 6) is 0.890. The van der Waals surface area contributed by atoms with E-state index in [9.17, 15) is 8.78 Å². The third kappa shape index (κ3) is 3.56. The topological polar surface area (TPSA) is 47.7 Å². The van der Waals surface area contributed by atoms with Crippen molar-refractivity contribution >= 4 is 5.69 Å². The molecule has 0 aliphatic rings. The zero-order chi connectivity index (χ0) is 16.2. The highest BCUT2D eigenvalue weighted by Crippen LogP contribution is 2.16. The Hall–Kier alpha value is -2.70. The Kier molecular flexibility index (Phi) is 4.36. The van der Waals surface area contributed by atoms with E-state index in [1.165, 1.54) is 4.68 Å². The number of nitrogens with one attached hydrogen (secondary N) is 1. The van der Waals surface area contributed by atoms with Crippen LogP contribution in [0.1, 0.15) is 11.5 Å². The summed E-state index contributed by atoms with van der Waals surface area (Å²) in [6.07, 6.45) is 2.50. The number of rotatable bonds is 6. The van der Waals surface area contributed by atoms with Crippen molar-refractivity contribution in [2.45, 2.75) is 26.4 Å². The number of aromatic nitrogens is 4. The molecule has 0 bridgehead atoms. The van der Waals surface area contributed by atoms with Gasteiger partial charge in [0.1, 0.15) is 12.4 Å². The van der Waals surface area contributed by atoms with Crippen molar-refractivity contribution in [2.24, 2.45) is 0 Å². The minimum Gasteiger partial charge on any atom is -0.377 e. The van der Waals surface area contributed by atoms with Crippen LogP contribution in [0, 0.1) is 6.92 Å². The van der Waals surface area contributed by atoms with Crippen LogP contribution in [0.25, 0.3) is 5.69 Å². The van der Waals surface area contributed by atoms with E-state index in [1.54, 1.807) is 18.6 Å². The molecule has 1 N–H and O–H groups in total. The maximum absolute atomic E-state index is 12.3. The van der Waals surface area contributed by atoms with Gasteiger partial charge in [0, 0.05) is 11.9 Å². The van der Waals surface area contributed by atoms with Crippen LogP contribution in [0.5, 0.6) is 0 Å². The Bertz CT molecular complexity index is 764. The number of anilines is 1. The molecule has 0 aliphatic heterocycles. The SMILES string of the molecule is Cc1ncc(CNc2cnn(CC(F)F)c2)n1-c1ccccc1. The molecule has 0 saturated carbocycles. The third-order valence-corrected chi connectivity index (χ3v) is 3.46. The molecule has 7 heteroatoms. The van der Waals surface area contributed by atoms with Gasteiger partial charge in [-0.3, -0.25) is 9.25 Å². The fourth-order valence-electron chi connectivity index (χ4n) is 2.43. The van der Waals surface area contributed by atoms with Crippen molar-refractivity contribution in [3.05, 3.63) is 60.4 Å². The van der Waals surface area contributed by atoms with Crippen molar-refractivity contribution in [1.29, 1.82) is 0 Å². The summed E-state index contributed by atoms with van der Waals surface area (Å²) in [5.41, 5.74) is 2.71. The molecular weight excluding hydrogens is 300 g/mol. The fraction of sp³-hybridized carbons (Fsp3) is 0.250. The highest BCUT2D eigenvalue weighted by molar-refractivity contribution is 5.40. The van der Waals surface area contributed by atoms with E-state index in [-0.39, 0.29) is 0 Å². The van der Waals surface area contributed by atoms with Gasteiger partial charge in [-0.15, -0.1) is 0 Å². The number of hydrogen-bond donors (Lipinski definition) is 1. The van der Waals surface area contributed by atoms with Crippen LogP contribution in [0.4, 0.5) is 14.5 Å². The van der Waals surface area contributed by atoms with Crippen molar-refractivity contribution < 1.29 is 8.78 Å². The summed E-state index contributed by atoms with van der Waals surface area (Å²) >= 11 is 0. The Balaban J connectivity index is 1.73. The minimum atomic E-state index is -2.41. The summed E-state index contributed by atoms with van der Waals surface area (Å²) < 4.78 is 27.9. The van der Waals surface area contributed by atoms with Crippen molar-refractivity contribution in [3.63, 3.8) is 0 Å². The lowest BCUT2D eigenvalue weighted by molar-refractivity contribution is 0.122. The number of aryl methyl sites for hydroxylation is 1. The van der Waals surface area contributed by atoms with Gasteiger partial charge in [0.15, 0.2) is 0 Å². The molecule has 2 heterocycles. The Morgan fingerprint density at radius 2 is 1.96 bits per heavy atom. The molecule has 120 valence electrons. The molecule has 3 rings (SSSR count). The van der Waals surface area contributed by atoms with E-state index in [4.69, 9.17) is 0 Å². The monoisotopic (exact) mass is 317 g/mol. The number of imidazole rings is 1. The van der Waals surface area contributed by atoms with Crippen molar-refractivity contribution in [1.82, 2.24) is 19.3 Å². The maximum atomic E-state index is 12.3. The lowest BCUT2D eigenvalue weighted by Crippen LogP contribution is -2.08. The Morgan fingerprint density at radius 1 is 1.17 bits per heavy atom. The summed E-state index contributed by atoms with van der Waals surface area (Å²) in [7, 11) is 0. The first-order valence-corrected chi connectivity index (χ1v) is 7.26. The van der Waals surface area contributed by atoms with Gasteiger partial charge in [0.05, 0.1) is 30.3 Å². The normalized spacial score (nSPS) is 11.1. The molecule has 1 aromatic carbocycles. The molecule has 0 atom stereocenters. The molecule has 0 radical (unpaired) electrons. The molecular formula is C16H17F2N5. The summed E-state index contributed by atoms with van der Waals surface area (Å²) in [6, 6.07) is 9.93. The largest absolute Gasteiger partial charge is 0.377 e. The van der Waals surface area contributed by atoms with Gasteiger partial charge in [0.25, 0.3) is 6.43 Å². The molecule has 0 unspecified atom stereocenters. The first kappa shape index (κ1) is 15.2. The third-order valence-electron chi connectivity index (χ3n) is 3.46. The number of benzene rings is 1. The standard InChI is InChI=1S/C16H17F2N5/c1-12-19-8-15(23(12)14-5-3-2-4-6-14)9-20-13-7-21-22(10-13)11-16(17)18/h2-8,10,16,20H,9,11H2,1H3. The van der Waals surface area contributed by atoms with Crippen LogP contribution in [-0.2, 0) is 13.1 Å². The molecule has 3 aromatic rings. The lowest BCUT2D eigenvalue weighted by atomic mass is 10.3. The van der Waals surface area contributed by atoms with E-state index in [0.717, 1.165) is 17.2 Å². The van der Waals surface area contributed by atoms with Crippen LogP contribution in [0.3, 0.4) is 0 Å². The quantitative estimate of drug-likeness (QED) is 0.759. The summed E-state index contributed by atoms with van der Waals surface area (Å²) in [6.45, 7) is 2.07. The van der Waals surface area contributed by atoms with Gasteiger partial charge in [-0.25, -0.2) is 13.8 Å². The van der Waals surface area contributed by atoms with Gasteiger partial charge >= 0.3 is 0 Å². The van der Waals surface area contributed by atoms with E-state index in [2.05, 4.69) is 20.0 Å². The fourth-order valence-corrected chi connectivity index (χ4v) is 2.43. The number of halogens is 2. The molecule has 0 saturated heterocycles. The van der Waals surface area contributed by atoms with E-state index < -0.39 is 13.0 Å². The molecule has 23 heavy (non-hydrogen) atoms. The van der Waals surface area contributed by atoms with Crippen LogP contribution >= 0.6 is 0 Å². The smallest absolute Gasteiger partial charge is 0.257 e. The highest BCUT2D eigenvalue weighted by Gasteiger charge is 2.09. The molecule has 0 spiro atoms. The minimum absolute atomic E-state index is 0.400. The summed E-state index contributed by atoms with van der Waals surface area (Å²) in [4.78, 5) is 4.35. The maximum Gasteiger partial charge on any atom is 0.257 e. The van der Waals surface area contributed by atoms with Crippen LogP contribution < -0.4 is 5.32 Å². The van der Waals surface area contributed by atoms with Gasteiger partial charge in [-0.05, 0) is 19.1 Å². The van der Waals surface area contributed by atoms with Crippen LogP contribution in [-0.4, -0.2) is 25.8 Å². The van der Waals surface area contributed by atoms with Crippen molar-refractivity contribution in [2.75, 3.05) is 5.32 Å². The zero-order valence-electron chi connectivity index (χ0n) is 12.7. The highest BCUT2D eigenvalue weighted by atomic mass is 19.3. The first-order valence-electron chi connectivity index (χ1n) is 7.26. The number of alkyl halides is 2. The van der Waals surface area contributed by atoms with Gasteiger partial charge < -0.3 is 5.32 Å². The van der Waals surface area contributed by atoms with Gasteiger partial charge in [0.2, 0.25) is 0 Å². The van der Waals surface area contributed by atoms with Gasteiger partial charge in [-0.2, -0.15) is 5.10 Å². The van der Waals surface area contributed by atoms with Crippen molar-refractivity contribution in [3.8, 4) is 5.69 Å². The second-order valence-electron chi connectivity index (χ2n) is 5.16. The Labute approximate surface area is 132 Å². The predicted molar refractivity (Wildman–Crippen MR) is 83.9 cm³/mol. The second-order valence-corrected chi connectivity index (χ2v) is 5.16. The number of hydrogen-bond acceptors (Lipinski definition) is 3. The molecule has 5 nitrogen and oxygen atoms in total. The second kappa shape index (κ2) is 6.60. The lowest BCUT2D eigenvalue weighted by Gasteiger charge is -2.11. The van der Waals surface area contributed by atoms with Crippen LogP contribution in [0.2, 0.25) is 0 Å². The molecule has 0 amide bonds. The average Bonchev–Trinajstić information content (AvgIpc) is 3.12. The van der Waals surface area contributed by atoms with E-state index in [0.29, 0.717) is 12.2 Å². The first-order chi connectivity index (χ1) is 11.1. The number of nitrogens with zero attached hydrogens (tertiary/aromatic N) is 4. The predicted octanol–water partition coefficient (Wildman–Crippen LogP) is 3.25. The Morgan fingerprint density at radius 3 is 2.70 bits per heavy atom. The molecule has 0 fully saturated rings. The number of para-hydroxylation sites is 1. The van der Waals surface area contributed by atoms with E-state index in [1.807, 2.05) is 37.3 Å². The molecule has 0 aliphatic carbocycles. The van der Waals surface area contributed by atoms with E-state index >= 15 is 0 Å². The zero-order valence-corrected chi connectivity index (χ0v) is 12.7. The average molecular weight is 317 g/mol. The molecule has 2 aromatic heterocycles. The van der Waals surface area contributed by atoms with Crippen LogP contribution in [0.15, 0.2) is 48.9 Å². The summed E-state index contributed by atoms with van der Waals surface area (Å²) in [5, 5.41) is 7.10. The van der Waals surface area contributed by atoms with Gasteiger partial charge in [-0.1, -0.05) is 18.2 Å².